The van der Waals surface area contributed by atoms with Crippen LogP contribution >= 0.6 is 0 Å². The highest BCUT2D eigenvalue weighted by Crippen LogP contribution is 2.32. The second kappa shape index (κ2) is 10.2. The number of likely N-dealkylation sites (tertiary alicyclic amines) is 2. The van der Waals surface area contributed by atoms with Crippen molar-refractivity contribution >= 4 is 5.91 Å². The van der Waals surface area contributed by atoms with Gasteiger partial charge in [-0.05, 0) is 69.3 Å². The van der Waals surface area contributed by atoms with E-state index in [1.54, 1.807) is 0 Å². The van der Waals surface area contributed by atoms with E-state index in [9.17, 15) is 4.79 Å². The van der Waals surface area contributed by atoms with Crippen LogP contribution in [0.15, 0.2) is 60.8 Å². The minimum absolute atomic E-state index is 0.178. The van der Waals surface area contributed by atoms with Crippen LogP contribution in [-0.2, 0) is 6.54 Å². The first-order valence-electron chi connectivity index (χ1n) is 12.9. The highest BCUT2D eigenvalue weighted by atomic mass is 16.2. The third-order valence-corrected chi connectivity index (χ3v) is 7.67. The van der Waals surface area contributed by atoms with Gasteiger partial charge in [-0.25, -0.2) is 0 Å². The minimum Gasteiger partial charge on any atom is -0.338 e. The lowest BCUT2D eigenvalue weighted by Crippen LogP contribution is -2.48. The molecular formula is C30H37N3O. The van der Waals surface area contributed by atoms with Gasteiger partial charge in [0, 0.05) is 37.4 Å². The van der Waals surface area contributed by atoms with Crippen molar-refractivity contribution in [2.24, 2.45) is 0 Å². The molecule has 0 radical (unpaired) electrons. The molecule has 0 spiro atoms. The maximum atomic E-state index is 14.1. The number of aryl methyl sites for hydroxylation is 2. The Labute approximate surface area is 204 Å². The number of nitrogens with zero attached hydrogens (tertiary/aromatic N) is 3. The van der Waals surface area contributed by atoms with Crippen LogP contribution in [0.4, 0.5) is 0 Å². The Morgan fingerprint density at radius 2 is 1.53 bits per heavy atom. The summed E-state index contributed by atoms with van der Waals surface area (Å²) >= 11 is 0. The summed E-state index contributed by atoms with van der Waals surface area (Å²) in [5, 5.41) is 0. The van der Waals surface area contributed by atoms with Crippen LogP contribution in [0.25, 0.3) is 11.1 Å². The van der Waals surface area contributed by atoms with Crippen molar-refractivity contribution in [1.82, 2.24) is 14.4 Å². The van der Waals surface area contributed by atoms with E-state index in [0.29, 0.717) is 12.6 Å². The van der Waals surface area contributed by atoms with Crippen molar-refractivity contribution in [3.05, 3.63) is 83.2 Å². The van der Waals surface area contributed by atoms with Gasteiger partial charge in [0.25, 0.3) is 5.91 Å². The molecule has 4 nitrogen and oxygen atoms in total. The van der Waals surface area contributed by atoms with Gasteiger partial charge in [-0.15, -0.1) is 0 Å². The number of carbonyl (C=O) groups is 1. The Kier molecular flexibility index (Phi) is 6.87. The van der Waals surface area contributed by atoms with Gasteiger partial charge in [0.1, 0.15) is 5.69 Å². The minimum atomic E-state index is 0.178. The SMILES string of the molecule is Cc1ccc(-c2c(C)cn(Cc3ccccc3)c2C(=O)N2CCC(N3CCCCC3)CC2)cc1. The molecule has 178 valence electrons. The van der Waals surface area contributed by atoms with Crippen molar-refractivity contribution in [2.75, 3.05) is 26.2 Å². The van der Waals surface area contributed by atoms with E-state index in [1.165, 1.54) is 43.5 Å². The van der Waals surface area contributed by atoms with E-state index in [4.69, 9.17) is 0 Å². The van der Waals surface area contributed by atoms with Crippen LogP contribution in [0.3, 0.4) is 0 Å². The highest BCUT2D eigenvalue weighted by molar-refractivity contribution is 6.00. The summed E-state index contributed by atoms with van der Waals surface area (Å²) in [5.74, 6) is 0.178. The van der Waals surface area contributed by atoms with Gasteiger partial charge < -0.3 is 14.4 Å². The monoisotopic (exact) mass is 455 g/mol. The number of piperidine rings is 2. The quantitative estimate of drug-likeness (QED) is 0.478. The summed E-state index contributed by atoms with van der Waals surface area (Å²) in [7, 11) is 0. The molecule has 0 saturated carbocycles. The molecule has 2 aromatic carbocycles. The standard InChI is InChI=1S/C30H37N3O/c1-23-11-13-26(14-12-23)28-24(2)21-33(22-25-9-5-3-6-10-25)29(28)30(34)32-19-15-27(16-20-32)31-17-7-4-8-18-31/h3,5-6,9-14,21,27H,4,7-8,15-20,22H2,1-2H3. The number of aromatic nitrogens is 1. The van der Waals surface area contributed by atoms with Gasteiger partial charge in [-0.3, -0.25) is 4.79 Å². The van der Waals surface area contributed by atoms with Crippen LogP contribution < -0.4 is 0 Å². The van der Waals surface area contributed by atoms with E-state index >= 15 is 0 Å². The van der Waals surface area contributed by atoms with Crippen LogP contribution in [0.1, 0.15) is 59.3 Å². The van der Waals surface area contributed by atoms with Gasteiger partial charge in [-0.1, -0.05) is 66.6 Å². The Morgan fingerprint density at radius 1 is 0.853 bits per heavy atom. The van der Waals surface area contributed by atoms with Crippen LogP contribution in [0.2, 0.25) is 0 Å². The normalized spacial score (nSPS) is 17.8. The predicted octanol–water partition coefficient (Wildman–Crippen LogP) is 5.91. The number of carbonyl (C=O) groups excluding carboxylic acids is 1. The predicted molar refractivity (Wildman–Crippen MR) is 139 cm³/mol. The Balaban J connectivity index is 1.43. The smallest absolute Gasteiger partial charge is 0.271 e. The fraction of sp³-hybridized carbons (Fsp3) is 0.433. The molecule has 5 rings (SSSR count). The molecule has 0 N–H and O–H groups in total. The second-order valence-corrected chi connectivity index (χ2v) is 10.1. The third kappa shape index (κ3) is 4.83. The van der Waals surface area contributed by atoms with E-state index in [2.05, 4.69) is 82.9 Å². The molecule has 3 aromatic rings. The highest BCUT2D eigenvalue weighted by Gasteiger charge is 2.31. The molecule has 2 aliphatic heterocycles. The molecule has 34 heavy (non-hydrogen) atoms. The fourth-order valence-corrected chi connectivity index (χ4v) is 5.78. The zero-order valence-electron chi connectivity index (χ0n) is 20.7. The largest absolute Gasteiger partial charge is 0.338 e. The molecule has 0 unspecified atom stereocenters. The topological polar surface area (TPSA) is 28.5 Å². The molecule has 2 aliphatic rings. The zero-order valence-corrected chi connectivity index (χ0v) is 20.7. The van der Waals surface area contributed by atoms with E-state index in [-0.39, 0.29) is 5.91 Å². The molecule has 2 saturated heterocycles. The first kappa shape index (κ1) is 22.9. The van der Waals surface area contributed by atoms with Crippen LogP contribution in [0, 0.1) is 13.8 Å². The summed E-state index contributed by atoms with van der Waals surface area (Å²) in [4.78, 5) is 18.8. The summed E-state index contributed by atoms with van der Waals surface area (Å²) < 4.78 is 2.18. The number of benzene rings is 2. The van der Waals surface area contributed by atoms with Crippen LogP contribution in [0.5, 0.6) is 0 Å². The summed E-state index contributed by atoms with van der Waals surface area (Å²) in [5.41, 5.74) is 6.65. The maximum Gasteiger partial charge on any atom is 0.271 e. The van der Waals surface area contributed by atoms with Crippen molar-refractivity contribution < 1.29 is 4.79 Å². The molecule has 0 atom stereocenters. The summed E-state index contributed by atoms with van der Waals surface area (Å²) in [6, 6.07) is 19.7. The number of hydrogen-bond donors (Lipinski definition) is 0. The molecule has 1 amide bonds. The molecule has 3 heterocycles. The first-order valence-corrected chi connectivity index (χ1v) is 12.9. The van der Waals surface area contributed by atoms with Crippen LogP contribution in [-0.4, -0.2) is 52.5 Å². The molecule has 0 bridgehead atoms. The van der Waals surface area contributed by atoms with E-state index in [0.717, 1.165) is 48.3 Å². The second-order valence-electron chi connectivity index (χ2n) is 10.1. The molecular weight excluding hydrogens is 418 g/mol. The van der Waals surface area contributed by atoms with Gasteiger partial charge in [0.2, 0.25) is 0 Å². The number of amides is 1. The maximum absolute atomic E-state index is 14.1. The Bertz CT molecular complexity index is 1100. The van der Waals surface area contributed by atoms with Gasteiger partial charge in [0.05, 0.1) is 0 Å². The zero-order chi connectivity index (χ0) is 23.5. The third-order valence-electron chi connectivity index (χ3n) is 7.67. The van der Waals surface area contributed by atoms with Crippen molar-refractivity contribution in [3.63, 3.8) is 0 Å². The average molecular weight is 456 g/mol. The lowest BCUT2D eigenvalue weighted by atomic mass is 9.98. The van der Waals surface area contributed by atoms with Gasteiger partial charge >= 0.3 is 0 Å². The molecule has 0 aliphatic carbocycles. The van der Waals surface area contributed by atoms with Gasteiger partial charge in [0.15, 0.2) is 0 Å². The lowest BCUT2D eigenvalue weighted by molar-refractivity contribution is 0.0581. The first-order chi connectivity index (χ1) is 16.6. The summed E-state index contributed by atoms with van der Waals surface area (Å²) in [6.07, 6.45) is 8.36. The van der Waals surface area contributed by atoms with E-state index < -0.39 is 0 Å². The Hall–Kier alpha value is -2.85. The van der Waals surface area contributed by atoms with Crippen molar-refractivity contribution in [2.45, 2.75) is 58.5 Å². The lowest BCUT2D eigenvalue weighted by Gasteiger charge is -2.40. The molecule has 4 heteroatoms. The molecule has 2 fully saturated rings. The molecule has 1 aromatic heterocycles. The van der Waals surface area contributed by atoms with Crippen molar-refractivity contribution in [3.8, 4) is 11.1 Å². The van der Waals surface area contributed by atoms with Crippen molar-refractivity contribution in [1.29, 1.82) is 0 Å². The Morgan fingerprint density at radius 3 is 2.21 bits per heavy atom. The average Bonchev–Trinajstić information content (AvgIpc) is 3.20. The number of hydrogen-bond acceptors (Lipinski definition) is 2. The summed E-state index contributed by atoms with van der Waals surface area (Å²) in [6.45, 7) is 9.11. The van der Waals surface area contributed by atoms with Gasteiger partial charge in [-0.2, -0.15) is 0 Å². The fourth-order valence-electron chi connectivity index (χ4n) is 5.78. The van der Waals surface area contributed by atoms with E-state index in [1.807, 2.05) is 6.07 Å². The number of rotatable bonds is 5.